The van der Waals surface area contributed by atoms with Gasteiger partial charge in [0.05, 0.1) is 5.56 Å². The average Bonchev–Trinajstić information content (AvgIpc) is 2.99. The highest BCUT2D eigenvalue weighted by Gasteiger charge is 2.13. The molecule has 2 aromatic carbocycles. The maximum atomic E-state index is 5.97. The molecular formula is C15H12IN3OS. The number of nitrogens with two attached hydrogens (primary N) is 1. The van der Waals surface area contributed by atoms with Crippen molar-refractivity contribution in [3.8, 4) is 22.8 Å². The molecular weight excluding hydrogens is 397 g/mol. The van der Waals surface area contributed by atoms with Gasteiger partial charge in [-0.15, -0.1) is 11.8 Å². The number of aromatic nitrogens is 2. The van der Waals surface area contributed by atoms with Crippen LogP contribution in [0.1, 0.15) is 0 Å². The fourth-order valence-electron chi connectivity index (χ4n) is 1.90. The number of rotatable bonds is 3. The molecule has 21 heavy (non-hydrogen) atoms. The lowest BCUT2D eigenvalue weighted by molar-refractivity contribution is 0.432. The van der Waals surface area contributed by atoms with E-state index in [0.29, 0.717) is 17.4 Å². The molecule has 3 aromatic rings. The largest absolute Gasteiger partial charge is 0.398 e. The molecule has 0 aliphatic rings. The minimum atomic E-state index is 0.440. The van der Waals surface area contributed by atoms with E-state index in [4.69, 9.17) is 10.3 Å². The van der Waals surface area contributed by atoms with Gasteiger partial charge in [-0.2, -0.15) is 4.98 Å². The number of halogens is 1. The van der Waals surface area contributed by atoms with E-state index in [0.717, 1.165) is 14.7 Å². The van der Waals surface area contributed by atoms with Crippen LogP contribution in [0.25, 0.3) is 22.8 Å². The molecule has 0 atom stereocenters. The Morgan fingerprint density at radius 2 is 1.90 bits per heavy atom. The summed E-state index contributed by atoms with van der Waals surface area (Å²) in [6.45, 7) is 0. The molecule has 0 bridgehead atoms. The normalized spacial score (nSPS) is 10.8. The SMILES string of the molecule is CSc1ccc(-c2noc(-c3cc(I)ccc3N)n2)cc1. The number of anilines is 1. The Bertz CT molecular complexity index is 771. The van der Waals surface area contributed by atoms with Crippen molar-refractivity contribution in [2.24, 2.45) is 0 Å². The zero-order chi connectivity index (χ0) is 14.8. The van der Waals surface area contributed by atoms with E-state index in [2.05, 4.69) is 32.7 Å². The van der Waals surface area contributed by atoms with Crippen molar-refractivity contribution in [3.63, 3.8) is 0 Å². The van der Waals surface area contributed by atoms with Crippen LogP contribution in [0.4, 0.5) is 5.69 Å². The molecule has 1 heterocycles. The van der Waals surface area contributed by atoms with Crippen molar-refractivity contribution < 1.29 is 4.52 Å². The van der Waals surface area contributed by atoms with Crippen LogP contribution in [-0.4, -0.2) is 16.4 Å². The van der Waals surface area contributed by atoms with E-state index in [9.17, 15) is 0 Å². The Kier molecular flexibility index (Phi) is 4.16. The molecule has 106 valence electrons. The lowest BCUT2D eigenvalue weighted by Gasteiger charge is -2.00. The van der Waals surface area contributed by atoms with E-state index < -0.39 is 0 Å². The highest BCUT2D eigenvalue weighted by Crippen LogP contribution is 2.28. The second-order valence-electron chi connectivity index (χ2n) is 4.38. The molecule has 6 heteroatoms. The molecule has 0 aliphatic carbocycles. The van der Waals surface area contributed by atoms with Gasteiger partial charge in [0, 0.05) is 19.7 Å². The van der Waals surface area contributed by atoms with Crippen LogP contribution in [0.2, 0.25) is 0 Å². The van der Waals surface area contributed by atoms with E-state index in [1.807, 2.05) is 48.7 Å². The van der Waals surface area contributed by atoms with Crippen LogP contribution in [-0.2, 0) is 0 Å². The number of thioether (sulfide) groups is 1. The topological polar surface area (TPSA) is 64.9 Å². The molecule has 0 radical (unpaired) electrons. The number of hydrogen-bond acceptors (Lipinski definition) is 5. The Morgan fingerprint density at radius 3 is 2.62 bits per heavy atom. The smallest absolute Gasteiger partial charge is 0.260 e. The molecule has 2 N–H and O–H groups in total. The summed E-state index contributed by atoms with van der Waals surface area (Å²) in [6.07, 6.45) is 2.04. The maximum Gasteiger partial charge on any atom is 0.260 e. The zero-order valence-corrected chi connectivity index (χ0v) is 14.2. The van der Waals surface area contributed by atoms with Gasteiger partial charge in [-0.05, 0) is 71.3 Å². The number of nitrogen functional groups attached to an aromatic ring is 1. The predicted molar refractivity (Wildman–Crippen MR) is 94.1 cm³/mol. The first-order valence-corrected chi connectivity index (χ1v) is 8.51. The molecule has 0 spiro atoms. The van der Waals surface area contributed by atoms with Gasteiger partial charge in [-0.1, -0.05) is 5.16 Å². The van der Waals surface area contributed by atoms with E-state index in [-0.39, 0.29) is 0 Å². The molecule has 3 rings (SSSR count). The molecule has 0 amide bonds. The zero-order valence-electron chi connectivity index (χ0n) is 11.2. The monoisotopic (exact) mass is 409 g/mol. The van der Waals surface area contributed by atoms with Gasteiger partial charge in [0.2, 0.25) is 5.82 Å². The van der Waals surface area contributed by atoms with Crippen molar-refractivity contribution in [2.75, 3.05) is 12.0 Å². The minimum Gasteiger partial charge on any atom is -0.398 e. The molecule has 0 fully saturated rings. The van der Waals surface area contributed by atoms with E-state index in [1.54, 1.807) is 11.8 Å². The van der Waals surface area contributed by atoms with Gasteiger partial charge in [0.15, 0.2) is 0 Å². The van der Waals surface area contributed by atoms with E-state index in [1.165, 1.54) is 4.90 Å². The van der Waals surface area contributed by atoms with E-state index >= 15 is 0 Å². The van der Waals surface area contributed by atoms with Crippen LogP contribution in [0.3, 0.4) is 0 Å². The van der Waals surface area contributed by atoms with Gasteiger partial charge in [0.1, 0.15) is 0 Å². The summed E-state index contributed by atoms with van der Waals surface area (Å²) < 4.78 is 6.42. The Hall–Kier alpha value is -1.54. The third-order valence-electron chi connectivity index (χ3n) is 3.02. The molecule has 0 unspecified atom stereocenters. The second kappa shape index (κ2) is 6.07. The predicted octanol–water partition coefficient (Wildman–Crippen LogP) is 4.31. The van der Waals surface area contributed by atoms with Crippen molar-refractivity contribution in [3.05, 3.63) is 46.0 Å². The van der Waals surface area contributed by atoms with Crippen LogP contribution in [0.5, 0.6) is 0 Å². The molecule has 4 nitrogen and oxygen atoms in total. The summed E-state index contributed by atoms with van der Waals surface area (Å²) in [5, 5.41) is 4.04. The summed E-state index contributed by atoms with van der Waals surface area (Å²) in [6, 6.07) is 13.8. The van der Waals surface area contributed by atoms with Gasteiger partial charge < -0.3 is 10.3 Å². The molecule has 0 aliphatic heterocycles. The number of benzene rings is 2. The van der Waals surface area contributed by atoms with Crippen molar-refractivity contribution in [1.29, 1.82) is 0 Å². The van der Waals surface area contributed by atoms with Crippen molar-refractivity contribution in [1.82, 2.24) is 10.1 Å². The summed E-state index contributed by atoms with van der Waals surface area (Å²) in [5.41, 5.74) is 8.29. The third-order valence-corrected chi connectivity index (χ3v) is 4.43. The third kappa shape index (κ3) is 3.06. The lowest BCUT2D eigenvalue weighted by Crippen LogP contribution is -1.90. The molecule has 0 saturated carbocycles. The highest BCUT2D eigenvalue weighted by atomic mass is 127. The summed E-state index contributed by atoms with van der Waals surface area (Å²) in [5.74, 6) is 1.01. The van der Waals surface area contributed by atoms with Crippen molar-refractivity contribution >= 4 is 40.0 Å². The quantitative estimate of drug-likeness (QED) is 0.397. The Morgan fingerprint density at radius 1 is 1.14 bits per heavy atom. The first-order valence-electron chi connectivity index (χ1n) is 6.21. The average molecular weight is 409 g/mol. The first-order chi connectivity index (χ1) is 10.2. The van der Waals surface area contributed by atoms with Crippen molar-refractivity contribution in [2.45, 2.75) is 4.90 Å². The summed E-state index contributed by atoms with van der Waals surface area (Å²) in [4.78, 5) is 5.64. The fraction of sp³-hybridized carbons (Fsp3) is 0.0667. The fourth-order valence-corrected chi connectivity index (χ4v) is 2.80. The molecule has 1 aromatic heterocycles. The van der Waals surface area contributed by atoms with Crippen LogP contribution in [0.15, 0.2) is 51.9 Å². The standard InChI is InChI=1S/C15H12IN3OS/c1-21-11-5-2-9(3-6-11)14-18-15(20-19-14)12-8-10(16)4-7-13(12)17/h2-8H,17H2,1H3. The van der Waals surface area contributed by atoms with Crippen LogP contribution in [0, 0.1) is 3.57 Å². The van der Waals surface area contributed by atoms with Gasteiger partial charge in [-0.3, -0.25) is 0 Å². The summed E-state index contributed by atoms with van der Waals surface area (Å²) in [7, 11) is 0. The van der Waals surface area contributed by atoms with Crippen LogP contribution >= 0.6 is 34.4 Å². The van der Waals surface area contributed by atoms with Crippen LogP contribution < -0.4 is 5.73 Å². The number of nitrogens with zero attached hydrogens (tertiary/aromatic N) is 2. The number of hydrogen-bond donors (Lipinski definition) is 1. The van der Waals surface area contributed by atoms with Gasteiger partial charge in [-0.25, -0.2) is 0 Å². The minimum absolute atomic E-state index is 0.440. The maximum absolute atomic E-state index is 5.97. The highest BCUT2D eigenvalue weighted by molar-refractivity contribution is 14.1. The van der Waals surface area contributed by atoms with Gasteiger partial charge >= 0.3 is 0 Å². The second-order valence-corrected chi connectivity index (χ2v) is 6.51. The van der Waals surface area contributed by atoms with Gasteiger partial charge in [0.25, 0.3) is 5.89 Å². The Labute approximate surface area is 140 Å². The molecule has 0 saturated heterocycles. The summed E-state index contributed by atoms with van der Waals surface area (Å²) >= 11 is 3.92. The Balaban J connectivity index is 1.97. The lowest BCUT2D eigenvalue weighted by atomic mass is 10.2. The first kappa shape index (κ1) is 14.4.